The van der Waals surface area contributed by atoms with Crippen LogP contribution < -0.4 is 0 Å². The Hall–Kier alpha value is -0.760. The van der Waals surface area contributed by atoms with Crippen LogP contribution in [0.5, 0.6) is 0 Å². The molecular formula is C23H48N2. The lowest BCUT2D eigenvalue weighted by molar-refractivity contribution is 0.166. The van der Waals surface area contributed by atoms with Crippen molar-refractivity contribution in [1.82, 2.24) is 9.80 Å². The Balaban J connectivity index is 0. The smallest absolute Gasteiger partial charge is 0.0345 e. The van der Waals surface area contributed by atoms with E-state index in [9.17, 15) is 0 Å². The SMILES string of the molecule is C.C.C=C1C[C@@H](C(C)C)N(C(C)C)C1.CC(C)[C@@H]1CC=CN1C(C)C. The minimum absolute atomic E-state index is 0. The van der Waals surface area contributed by atoms with E-state index in [2.05, 4.69) is 84.0 Å². The highest BCUT2D eigenvalue weighted by atomic mass is 15.2. The number of rotatable bonds is 4. The largest absolute Gasteiger partial charge is 0.372 e. The highest BCUT2D eigenvalue weighted by Crippen LogP contribution is 2.28. The zero-order valence-electron chi connectivity index (χ0n) is 16.8. The van der Waals surface area contributed by atoms with Gasteiger partial charge in [0.15, 0.2) is 0 Å². The third kappa shape index (κ3) is 7.56. The van der Waals surface area contributed by atoms with Gasteiger partial charge in [-0.15, -0.1) is 0 Å². The molecule has 0 aromatic carbocycles. The molecule has 0 saturated carbocycles. The van der Waals surface area contributed by atoms with Gasteiger partial charge in [-0.25, -0.2) is 0 Å². The van der Waals surface area contributed by atoms with Gasteiger partial charge in [-0.1, -0.05) is 60.8 Å². The van der Waals surface area contributed by atoms with Gasteiger partial charge in [0.05, 0.1) is 0 Å². The molecule has 0 bridgehead atoms. The molecule has 2 aliphatic rings. The maximum Gasteiger partial charge on any atom is 0.0345 e. The maximum atomic E-state index is 4.08. The average Bonchev–Trinajstić information content (AvgIpc) is 3.05. The van der Waals surface area contributed by atoms with Crippen molar-refractivity contribution in [3.63, 3.8) is 0 Å². The van der Waals surface area contributed by atoms with Gasteiger partial charge in [0.1, 0.15) is 0 Å². The molecule has 0 unspecified atom stereocenters. The molecule has 1 fully saturated rings. The van der Waals surface area contributed by atoms with Crippen molar-refractivity contribution in [3.8, 4) is 0 Å². The van der Waals surface area contributed by atoms with E-state index >= 15 is 0 Å². The maximum absolute atomic E-state index is 4.08. The molecule has 0 aliphatic carbocycles. The van der Waals surface area contributed by atoms with Gasteiger partial charge >= 0.3 is 0 Å². The van der Waals surface area contributed by atoms with Crippen molar-refractivity contribution in [3.05, 3.63) is 24.4 Å². The summed E-state index contributed by atoms with van der Waals surface area (Å²) in [4.78, 5) is 5.03. The first-order valence-electron chi connectivity index (χ1n) is 9.51. The van der Waals surface area contributed by atoms with Crippen molar-refractivity contribution in [2.75, 3.05) is 6.54 Å². The fourth-order valence-corrected chi connectivity index (χ4v) is 3.76. The molecule has 2 heterocycles. The summed E-state index contributed by atoms with van der Waals surface area (Å²) in [6.07, 6.45) is 6.96. The Kier molecular flexibility index (Phi) is 12.5. The molecule has 2 rings (SSSR count). The molecular weight excluding hydrogens is 304 g/mol. The predicted molar refractivity (Wildman–Crippen MR) is 117 cm³/mol. The van der Waals surface area contributed by atoms with Crippen molar-refractivity contribution in [2.24, 2.45) is 11.8 Å². The van der Waals surface area contributed by atoms with Gasteiger partial charge in [0.25, 0.3) is 0 Å². The van der Waals surface area contributed by atoms with Crippen molar-refractivity contribution >= 4 is 0 Å². The number of likely N-dealkylation sites (tertiary alicyclic amines) is 1. The summed E-state index contributed by atoms with van der Waals surface area (Å²) in [5.74, 6) is 1.53. The Morgan fingerprint density at radius 3 is 1.72 bits per heavy atom. The summed E-state index contributed by atoms with van der Waals surface area (Å²) in [7, 11) is 0. The standard InChI is InChI=1S/C11H21N.C10H19N.2CH4/c1-8(2)11-6-10(5)7-12(11)9(3)4;1-8(2)10-6-5-7-11(10)9(3)4;;/h8-9,11H,5-7H2,1-4H3;5,7-10H,6H2,1-4H3;2*1H4/t11-;10-;;/m00../s1. The molecule has 0 aromatic rings. The number of hydrogen-bond donors (Lipinski definition) is 0. The molecule has 0 amide bonds. The summed E-state index contributed by atoms with van der Waals surface area (Å²) in [6, 6.07) is 2.80. The third-order valence-corrected chi connectivity index (χ3v) is 5.17. The second-order valence-electron chi connectivity index (χ2n) is 8.50. The van der Waals surface area contributed by atoms with Crippen molar-refractivity contribution in [2.45, 2.75) is 107 Å². The first kappa shape index (κ1) is 26.5. The monoisotopic (exact) mass is 352 g/mol. The van der Waals surface area contributed by atoms with Crippen LogP contribution in [0.1, 0.15) is 83.1 Å². The highest BCUT2D eigenvalue weighted by molar-refractivity contribution is 5.09. The van der Waals surface area contributed by atoms with E-state index in [-0.39, 0.29) is 14.9 Å². The first-order chi connectivity index (χ1) is 10.6. The predicted octanol–water partition coefficient (Wildman–Crippen LogP) is 6.59. The summed E-state index contributed by atoms with van der Waals surface area (Å²) in [6.45, 7) is 23.4. The molecule has 2 heteroatoms. The van der Waals surface area contributed by atoms with Crippen LogP contribution in [0.4, 0.5) is 0 Å². The molecule has 2 aliphatic heterocycles. The zero-order chi connectivity index (χ0) is 17.7. The minimum atomic E-state index is 0. The quantitative estimate of drug-likeness (QED) is 0.526. The topological polar surface area (TPSA) is 6.48 Å². The van der Waals surface area contributed by atoms with Crippen LogP contribution in [0.2, 0.25) is 0 Å². The second kappa shape index (κ2) is 11.8. The Labute approximate surface area is 160 Å². The molecule has 0 aromatic heterocycles. The van der Waals surface area contributed by atoms with Crippen LogP contribution in [0.3, 0.4) is 0 Å². The second-order valence-corrected chi connectivity index (χ2v) is 8.50. The van der Waals surface area contributed by atoms with E-state index in [0.717, 1.165) is 30.5 Å². The van der Waals surface area contributed by atoms with Gasteiger partial charge < -0.3 is 4.90 Å². The summed E-state index contributed by atoms with van der Waals surface area (Å²) >= 11 is 0. The van der Waals surface area contributed by atoms with E-state index < -0.39 is 0 Å². The van der Waals surface area contributed by atoms with Crippen LogP contribution in [-0.4, -0.2) is 40.5 Å². The van der Waals surface area contributed by atoms with E-state index in [1.165, 1.54) is 18.4 Å². The van der Waals surface area contributed by atoms with Crippen LogP contribution in [0, 0.1) is 11.8 Å². The third-order valence-electron chi connectivity index (χ3n) is 5.17. The van der Waals surface area contributed by atoms with Crippen LogP contribution in [0.15, 0.2) is 24.4 Å². The summed E-state index contributed by atoms with van der Waals surface area (Å²) in [5.41, 5.74) is 1.41. The minimum Gasteiger partial charge on any atom is -0.372 e. The van der Waals surface area contributed by atoms with Crippen molar-refractivity contribution in [1.29, 1.82) is 0 Å². The normalized spacial score (nSPS) is 23.2. The first-order valence-corrected chi connectivity index (χ1v) is 9.51. The van der Waals surface area contributed by atoms with Crippen LogP contribution >= 0.6 is 0 Å². The molecule has 0 radical (unpaired) electrons. The Bertz CT molecular complexity index is 375. The Morgan fingerprint density at radius 2 is 1.40 bits per heavy atom. The highest BCUT2D eigenvalue weighted by Gasteiger charge is 2.30. The average molecular weight is 353 g/mol. The Morgan fingerprint density at radius 1 is 0.880 bits per heavy atom. The fraction of sp³-hybridized carbons (Fsp3) is 0.826. The van der Waals surface area contributed by atoms with Crippen LogP contribution in [-0.2, 0) is 0 Å². The van der Waals surface area contributed by atoms with Crippen molar-refractivity contribution < 1.29 is 0 Å². The van der Waals surface area contributed by atoms with Gasteiger partial charge in [-0.3, -0.25) is 4.90 Å². The zero-order valence-corrected chi connectivity index (χ0v) is 16.8. The van der Waals surface area contributed by atoms with E-state index in [4.69, 9.17) is 0 Å². The van der Waals surface area contributed by atoms with Gasteiger partial charge in [-0.2, -0.15) is 0 Å². The molecule has 0 spiro atoms. The lowest BCUT2D eigenvalue weighted by atomic mass is 10.0. The summed E-state index contributed by atoms with van der Waals surface area (Å²) < 4.78 is 0. The lowest BCUT2D eigenvalue weighted by Gasteiger charge is -2.32. The van der Waals surface area contributed by atoms with E-state index in [1.54, 1.807) is 0 Å². The van der Waals surface area contributed by atoms with Crippen LogP contribution in [0.25, 0.3) is 0 Å². The summed E-state index contributed by atoms with van der Waals surface area (Å²) in [5, 5.41) is 0. The molecule has 1 saturated heterocycles. The molecule has 0 N–H and O–H groups in total. The van der Waals surface area contributed by atoms with Gasteiger partial charge in [-0.05, 0) is 58.6 Å². The number of nitrogens with zero attached hydrogens (tertiary/aromatic N) is 2. The van der Waals surface area contributed by atoms with E-state index in [0.29, 0.717) is 12.1 Å². The lowest BCUT2D eigenvalue weighted by Crippen LogP contribution is -2.38. The van der Waals surface area contributed by atoms with E-state index in [1.807, 2.05) is 0 Å². The molecule has 150 valence electrons. The molecule has 25 heavy (non-hydrogen) atoms. The number of hydrogen-bond acceptors (Lipinski definition) is 2. The molecule has 2 atom stereocenters. The van der Waals surface area contributed by atoms with Gasteiger partial charge in [0.2, 0.25) is 0 Å². The van der Waals surface area contributed by atoms with Gasteiger partial charge in [0, 0.05) is 30.7 Å². The molecule has 2 nitrogen and oxygen atoms in total. The fourth-order valence-electron chi connectivity index (χ4n) is 3.76.